The molecular weight excluding hydrogens is 527 g/mol. The number of benzene rings is 3. The molecule has 2 atom stereocenters. The van der Waals surface area contributed by atoms with Crippen molar-refractivity contribution in [2.45, 2.75) is 16.7 Å². The van der Waals surface area contributed by atoms with E-state index in [0.29, 0.717) is 33.5 Å². The van der Waals surface area contributed by atoms with Gasteiger partial charge in [0.05, 0.1) is 24.0 Å². The largest absolute Gasteiger partial charge is 0.462 e. The van der Waals surface area contributed by atoms with Crippen molar-refractivity contribution >= 4 is 52.6 Å². The number of rotatable bonds is 5. The standard InChI is InChI=1S/C29H22Cl2N2O5/c1-2-38-27(37)16-11-13-17(14-12-16)32-22(34)15-33-25(35)23-24(26(33)36)29(31)19-8-4-3-7-18(19)28(23,30)20-9-5-6-10-21(20)29/h3-14,23-24H,2,15H2,1H3,(H,32,34)/t23-,24+,28?,29?. The second-order valence-corrected chi connectivity index (χ2v) is 10.8. The van der Waals surface area contributed by atoms with Crippen LogP contribution in [0.3, 0.4) is 0 Å². The number of anilines is 1. The lowest BCUT2D eigenvalue weighted by Gasteiger charge is -2.54. The van der Waals surface area contributed by atoms with E-state index < -0.39 is 51.8 Å². The molecular formula is C29H22Cl2N2O5. The van der Waals surface area contributed by atoms with E-state index in [1.54, 1.807) is 19.1 Å². The first kappa shape index (κ1) is 24.6. The molecule has 0 saturated carbocycles. The number of hydrogen-bond acceptors (Lipinski definition) is 5. The SMILES string of the molecule is CCOC(=O)c1ccc(NC(=O)CN2C(=O)[C@@H]3[C@H](C2=O)C2(Cl)c4ccccc4C3(Cl)c3ccccc32)cc1. The van der Waals surface area contributed by atoms with Gasteiger partial charge in [-0.1, -0.05) is 48.5 Å². The zero-order valence-electron chi connectivity index (χ0n) is 20.2. The molecule has 3 amide bonds. The van der Waals surface area contributed by atoms with Crippen molar-refractivity contribution in [2.24, 2.45) is 11.8 Å². The number of hydrogen-bond donors (Lipinski definition) is 1. The Labute approximate surface area is 228 Å². The molecule has 1 saturated heterocycles. The fourth-order valence-corrected chi connectivity index (χ4v) is 7.23. The second kappa shape index (κ2) is 8.68. The Balaban J connectivity index is 1.31. The van der Waals surface area contributed by atoms with Gasteiger partial charge in [-0.3, -0.25) is 19.3 Å². The van der Waals surface area contributed by atoms with Crippen molar-refractivity contribution in [3.63, 3.8) is 0 Å². The number of halogens is 2. The molecule has 3 aromatic rings. The van der Waals surface area contributed by atoms with Crippen LogP contribution in [0.2, 0.25) is 0 Å². The van der Waals surface area contributed by atoms with Crippen LogP contribution >= 0.6 is 23.2 Å². The van der Waals surface area contributed by atoms with Gasteiger partial charge in [-0.2, -0.15) is 0 Å². The molecule has 3 aliphatic carbocycles. The number of nitrogens with zero attached hydrogens (tertiary/aromatic N) is 1. The summed E-state index contributed by atoms with van der Waals surface area (Å²) in [6.45, 7) is 1.47. The first-order valence-corrected chi connectivity index (χ1v) is 13.0. The molecule has 0 radical (unpaired) electrons. The maximum Gasteiger partial charge on any atom is 0.338 e. The van der Waals surface area contributed by atoms with Gasteiger partial charge in [-0.05, 0) is 53.4 Å². The fourth-order valence-electron chi connectivity index (χ4n) is 6.13. The van der Waals surface area contributed by atoms with Crippen molar-refractivity contribution in [1.82, 2.24) is 4.90 Å². The lowest BCUT2D eigenvalue weighted by atomic mass is 9.54. The summed E-state index contributed by atoms with van der Waals surface area (Å²) in [5.41, 5.74) is 3.54. The highest BCUT2D eigenvalue weighted by atomic mass is 35.5. The van der Waals surface area contributed by atoms with Crippen LogP contribution in [-0.4, -0.2) is 41.7 Å². The molecule has 1 aliphatic heterocycles. The molecule has 0 aromatic heterocycles. The molecule has 3 aromatic carbocycles. The Morgan fingerprint density at radius 2 is 1.26 bits per heavy atom. The number of amides is 3. The van der Waals surface area contributed by atoms with Crippen LogP contribution in [0.25, 0.3) is 0 Å². The van der Waals surface area contributed by atoms with Crippen molar-refractivity contribution < 1.29 is 23.9 Å². The summed E-state index contributed by atoms with van der Waals surface area (Å²) in [7, 11) is 0. The van der Waals surface area contributed by atoms with Crippen LogP contribution < -0.4 is 5.32 Å². The molecule has 192 valence electrons. The van der Waals surface area contributed by atoms with Gasteiger partial charge in [-0.15, -0.1) is 23.2 Å². The lowest BCUT2D eigenvalue weighted by Crippen LogP contribution is -2.57. The second-order valence-electron chi connectivity index (χ2n) is 9.58. The molecule has 1 heterocycles. The molecule has 9 heteroatoms. The number of nitrogens with one attached hydrogen (secondary N) is 1. The topological polar surface area (TPSA) is 92.8 Å². The van der Waals surface area contributed by atoms with Crippen LogP contribution in [-0.2, 0) is 28.9 Å². The predicted octanol–water partition coefficient (Wildman–Crippen LogP) is 4.40. The molecule has 0 unspecified atom stereocenters. The third-order valence-electron chi connectivity index (χ3n) is 7.66. The fraction of sp³-hybridized carbons (Fsp3) is 0.241. The van der Waals surface area contributed by atoms with Crippen LogP contribution in [0.1, 0.15) is 39.5 Å². The lowest BCUT2D eigenvalue weighted by molar-refractivity contribution is -0.142. The van der Waals surface area contributed by atoms with Gasteiger partial charge < -0.3 is 10.1 Å². The van der Waals surface area contributed by atoms with E-state index in [9.17, 15) is 19.2 Å². The van der Waals surface area contributed by atoms with Gasteiger partial charge in [-0.25, -0.2) is 4.79 Å². The first-order chi connectivity index (χ1) is 18.2. The van der Waals surface area contributed by atoms with Crippen LogP contribution in [0.15, 0.2) is 72.8 Å². The third-order valence-corrected chi connectivity index (χ3v) is 8.94. The Morgan fingerprint density at radius 1 is 0.816 bits per heavy atom. The van der Waals surface area contributed by atoms with Crippen LogP contribution in [0.4, 0.5) is 5.69 Å². The number of ether oxygens (including phenoxy) is 1. The average Bonchev–Trinajstić information content (AvgIpc) is 3.18. The monoisotopic (exact) mass is 548 g/mol. The van der Waals surface area contributed by atoms with Gasteiger partial charge in [0.25, 0.3) is 0 Å². The van der Waals surface area contributed by atoms with Gasteiger partial charge >= 0.3 is 5.97 Å². The Kier molecular flexibility index (Phi) is 5.63. The van der Waals surface area contributed by atoms with Crippen LogP contribution in [0.5, 0.6) is 0 Å². The molecule has 2 bridgehead atoms. The number of alkyl halides is 2. The highest BCUT2D eigenvalue weighted by Gasteiger charge is 2.73. The molecule has 0 spiro atoms. The zero-order valence-corrected chi connectivity index (χ0v) is 21.8. The minimum atomic E-state index is -1.30. The van der Waals surface area contributed by atoms with E-state index in [-0.39, 0.29) is 6.61 Å². The smallest absolute Gasteiger partial charge is 0.338 e. The summed E-state index contributed by atoms with van der Waals surface area (Å²) >= 11 is 14.8. The Morgan fingerprint density at radius 3 is 1.68 bits per heavy atom. The maximum atomic E-state index is 13.8. The molecule has 1 fully saturated rings. The van der Waals surface area contributed by atoms with Gasteiger partial charge in [0, 0.05) is 5.69 Å². The quantitative estimate of drug-likeness (QED) is 0.290. The van der Waals surface area contributed by atoms with Crippen molar-refractivity contribution in [1.29, 1.82) is 0 Å². The van der Waals surface area contributed by atoms with Crippen molar-refractivity contribution in [3.05, 3.63) is 101 Å². The number of carbonyl (C=O) groups excluding carboxylic acids is 4. The molecule has 7 rings (SSSR count). The minimum Gasteiger partial charge on any atom is -0.462 e. The zero-order chi connectivity index (χ0) is 26.8. The molecule has 4 aliphatic rings. The summed E-state index contributed by atoms with van der Waals surface area (Å²) in [6.07, 6.45) is 0. The molecule has 38 heavy (non-hydrogen) atoms. The van der Waals surface area contributed by atoms with E-state index >= 15 is 0 Å². The number of likely N-dealkylation sites (tertiary alicyclic amines) is 1. The van der Waals surface area contributed by atoms with E-state index in [0.717, 1.165) is 4.90 Å². The van der Waals surface area contributed by atoms with Crippen LogP contribution in [0, 0.1) is 11.8 Å². The van der Waals surface area contributed by atoms with E-state index in [1.807, 2.05) is 48.5 Å². The average molecular weight is 549 g/mol. The number of carbonyl (C=O) groups is 4. The Bertz CT molecular complexity index is 1400. The summed E-state index contributed by atoms with van der Waals surface area (Å²) in [5.74, 6) is -4.02. The number of imide groups is 1. The van der Waals surface area contributed by atoms with Crippen molar-refractivity contribution in [2.75, 3.05) is 18.5 Å². The van der Waals surface area contributed by atoms with Gasteiger partial charge in [0.2, 0.25) is 17.7 Å². The van der Waals surface area contributed by atoms with Crippen molar-refractivity contribution in [3.8, 4) is 0 Å². The van der Waals surface area contributed by atoms with E-state index in [1.165, 1.54) is 12.1 Å². The maximum absolute atomic E-state index is 13.8. The Hall–Kier alpha value is -3.68. The molecule has 1 N–H and O–H groups in total. The van der Waals surface area contributed by atoms with Gasteiger partial charge in [0.1, 0.15) is 16.3 Å². The number of esters is 1. The third kappa shape index (κ3) is 3.21. The normalized spacial score (nSPS) is 26.4. The van der Waals surface area contributed by atoms with E-state index in [4.69, 9.17) is 27.9 Å². The highest BCUT2D eigenvalue weighted by molar-refractivity contribution is 6.36. The predicted molar refractivity (Wildman–Crippen MR) is 141 cm³/mol. The minimum absolute atomic E-state index is 0.251. The van der Waals surface area contributed by atoms with E-state index in [2.05, 4.69) is 5.32 Å². The highest BCUT2D eigenvalue weighted by Crippen LogP contribution is 2.69. The first-order valence-electron chi connectivity index (χ1n) is 12.2. The summed E-state index contributed by atoms with van der Waals surface area (Å²) in [4.78, 5) is 50.8. The van der Waals surface area contributed by atoms with Gasteiger partial charge in [0.15, 0.2) is 0 Å². The summed E-state index contributed by atoms with van der Waals surface area (Å²) in [6, 6.07) is 20.9. The summed E-state index contributed by atoms with van der Waals surface area (Å²) in [5, 5.41) is 2.68. The summed E-state index contributed by atoms with van der Waals surface area (Å²) < 4.78 is 4.96. The molecule has 7 nitrogen and oxygen atoms in total.